The lowest BCUT2D eigenvalue weighted by Crippen LogP contribution is -2.41. The Morgan fingerprint density at radius 2 is 1.85 bits per heavy atom. The summed E-state index contributed by atoms with van der Waals surface area (Å²) in [6, 6.07) is 16.4. The summed E-state index contributed by atoms with van der Waals surface area (Å²) in [7, 11) is 0. The summed E-state index contributed by atoms with van der Waals surface area (Å²) >= 11 is 3.44. The second-order valence-electron chi connectivity index (χ2n) is 5.52. The third-order valence-corrected chi connectivity index (χ3v) is 3.85. The standard InChI is InChI=1S/C17H20BrNO/c1-13-4-3-5-16(10-13)19-17(2,12-20)11-14-6-8-15(18)9-7-14/h3-10,19-20H,11-12H2,1-2H3. The van der Waals surface area contributed by atoms with Gasteiger partial charge in [-0.15, -0.1) is 0 Å². The molecule has 0 aliphatic heterocycles. The second kappa shape index (κ2) is 6.42. The van der Waals surface area contributed by atoms with Gasteiger partial charge in [-0.2, -0.15) is 0 Å². The van der Waals surface area contributed by atoms with Gasteiger partial charge in [-0.05, 0) is 55.7 Å². The van der Waals surface area contributed by atoms with Gasteiger partial charge in [-0.1, -0.05) is 40.2 Å². The van der Waals surface area contributed by atoms with Crippen LogP contribution in [-0.2, 0) is 6.42 Å². The van der Waals surface area contributed by atoms with Crippen LogP contribution in [-0.4, -0.2) is 17.3 Å². The van der Waals surface area contributed by atoms with Gasteiger partial charge in [0.15, 0.2) is 0 Å². The molecule has 1 atom stereocenters. The molecule has 0 saturated carbocycles. The van der Waals surface area contributed by atoms with Crippen molar-refractivity contribution in [1.29, 1.82) is 0 Å². The molecule has 0 aromatic heterocycles. The van der Waals surface area contributed by atoms with E-state index in [4.69, 9.17) is 0 Å². The third-order valence-electron chi connectivity index (χ3n) is 3.32. The van der Waals surface area contributed by atoms with Crippen molar-refractivity contribution in [1.82, 2.24) is 0 Å². The molecular formula is C17H20BrNO. The van der Waals surface area contributed by atoms with E-state index in [9.17, 15) is 5.11 Å². The van der Waals surface area contributed by atoms with Gasteiger partial charge < -0.3 is 10.4 Å². The van der Waals surface area contributed by atoms with Crippen LogP contribution in [0.2, 0.25) is 0 Å². The summed E-state index contributed by atoms with van der Waals surface area (Å²) in [4.78, 5) is 0. The molecule has 2 aromatic rings. The quantitative estimate of drug-likeness (QED) is 0.860. The Labute approximate surface area is 129 Å². The molecule has 0 radical (unpaired) electrons. The number of aliphatic hydroxyl groups excluding tert-OH is 1. The normalized spacial score (nSPS) is 13.8. The second-order valence-corrected chi connectivity index (χ2v) is 6.43. The van der Waals surface area contributed by atoms with Gasteiger partial charge in [0.2, 0.25) is 0 Å². The van der Waals surface area contributed by atoms with Crippen LogP contribution in [0, 0.1) is 6.92 Å². The van der Waals surface area contributed by atoms with Crippen LogP contribution in [0.4, 0.5) is 5.69 Å². The summed E-state index contributed by atoms with van der Waals surface area (Å²) in [5.74, 6) is 0. The first-order valence-electron chi connectivity index (χ1n) is 6.71. The lowest BCUT2D eigenvalue weighted by Gasteiger charge is -2.30. The van der Waals surface area contributed by atoms with Crippen LogP contribution in [0.1, 0.15) is 18.1 Å². The molecule has 0 aliphatic rings. The average Bonchev–Trinajstić information content (AvgIpc) is 2.41. The highest BCUT2D eigenvalue weighted by Crippen LogP contribution is 2.21. The highest BCUT2D eigenvalue weighted by atomic mass is 79.9. The summed E-state index contributed by atoms with van der Waals surface area (Å²) in [5, 5.41) is 13.2. The van der Waals surface area contributed by atoms with Crippen molar-refractivity contribution in [2.45, 2.75) is 25.8 Å². The number of hydrogen-bond acceptors (Lipinski definition) is 2. The van der Waals surface area contributed by atoms with Gasteiger partial charge in [0.05, 0.1) is 12.1 Å². The zero-order valence-corrected chi connectivity index (χ0v) is 13.4. The van der Waals surface area contributed by atoms with E-state index in [-0.39, 0.29) is 12.1 Å². The van der Waals surface area contributed by atoms with Crippen LogP contribution in [0.15, 0.2) is 53.0 Å². The number of rotatable bonds is 5. The number of anilines is 1. The molecule has 2 N–H and O–H groups in total. The Morgan fingerprint density at radius 1 is 1.15 bits per heavy atom. The molecule has 0 amide bonds. The van der Waals surface area contributed by atoms with Crippen LogP contribution >= 0.6 is 15.9 Å². The number of aryl methyl sites for hydroxylation is 1. The first kappa shape index (κ1) is 15.1. The Kier molecular flexibility index (Phi) is 4.84. The highest BCUT2D eigenvalue weighted by molar-refractivity contribution is 9.10. The summed E-state index contributed by atoms with van der Waals surface area (Å²) in [6.07, 6.45) is 0.769. The first-order valence-corrected chi connectivity index (χ1v) is 7.50. The van der Waals surface area contributed by atoms with Crippen molar-refractivity contribution in [3.63, 3.8) is 0 Å². The van der Waals surface area contributed by atoms with E-state index in [0.29, 0.717) is 0 Å². The van der Waals surface area contributed by atoms with Crippen molar-refractivity contribution in [3.05, 3.63) is 64.1 Å². The number of halogens is 1. The van der Waals surface area contributed by atoms with Gasteiger partial charge in [0.25, 0.3) is 0 Å². The molecule has 0 fully saturated rings. The lowest BCUT2D eigenvalue weighted by molar-refractivity contribution is 0.222. The minimum absolute atomic E-state index is 0.0804. The van der Waals surface area contributed by atoms with Crippen molar-refractivity contribution >= 4 is 21.6 Å². The van der Waals surface area contributed by atoms with E-state index in [1.807, 2.05) is 31.2 Å². The minimum atomic E-state index is -0.373. The molecular weight excluding hydrogens is 314 g/mol. The maximum absolute atomic E-state index is 9.76. The van der Waals surface area contributed by atoms with Crippen molar-refractivity contribution in [2.75, 3.05) is 11.9 Å². The third kappa shape index (κ3) is 4.09. The Balaban J connectivity index is 2.14. The highest BCUT2D eigenvalue weighted by Gasteiger charge is 2.23. The molecule has 3 heteroatoms. The summed E-state index contributed by atoms with van der Waals surface area (Å²) in [5.41, 5.74) is 3.07. The van der Waals surface area contributed by atoms with E-state index in [0.717, 1.165) is 16.6 Å². The smallest absolute Gasteiger partial charge is 0.0662 e. The van der Waals surface area contributed by atoms with E-state index in [1.54, 1.807) is 0 Å². The first-order chi connectivity index (χ1) is 9.50. The van der Waals surface area contributed by atoms with Crippen molar-refractivity contribution in [3.8, 4) is 0 Å². The fraction of sp³-hybridized carbons (Fsp3) is 0.294. The summed E-state index contributed by atoms with van der Waals surface area (Å²) in [6.45, 7) is 4.19. The molecule has 0 heterocycles. The largest absolute Gasteiger partial charge is 0.394 e. The fourth-order valence-corrected chi connectivity index (χ4v) is 2.53. The van der Waals surface area contributed by atoms with Crippen LogP contribution in [0.3, 0.4) is 0 Å². The Hall–Kier alpha value is -1.32. The van der Waals surface area contributed by atoms with Gasteiger partial charge in [0.1, 0.15) is 0 Å². The number of hydrogen-bond donors (Lipinski definition) is 2. The van der Waals surface area contributed by atoms with Gasteiger partial charge in [0, 0.05) is 10.2 Å². The predicted molar refractivity (Wildman–Crippen MR) is 88.1 cm³/mol. The Morgan fingerprint density at radius 3 is 2.45 bits per heavy atom. The van der Waals surface area contributed by atoms with Gasteiger partial charge in [-0.25, -0.2) is 0 Å². The molecule has 2 aromatic carbocycles. The SMILES string of the molecule is Cc1cccc(NC(C)(CO)Cc2ccc(Br)cc2)c1. The predicted octanol–water partition coefficient (Wildman–Crippen LogP) is 4.16. The van der Waals surface area contributed by atoms with E-state index in [2.05, 4.69) is 52.4 Å². The zero-order valence-electron chi connectivity index (χ0n) is 11.9. The van der Waals surface area contributed by atoms with Gasteiger partial charge in [-0.3, -0.25) is 0 Å². The van der Waals surface area contributed by atoms with Gasteiger partial charge >= 0.3 is 0 Å². The lowest BCUT2D eigenvalue weighted by atomic mass is 9.93. The molecule has 0 bridgehead atoms. The van der Waals surface area contributed by atoms with Crippen LogP contribution < -0.4 is 5.32 Å². The monoisotopic (exact) mass is 333 g/mol. The molecule has 2 rings (SSSR count). The number of aliphatic hydroxyl groups is 1. The van der Waals surface area contributed by atoms with E-state index in [1.165, 1.54) is 11.1 Å². The fourth-order valence-electron chi connectivity index (χ4n) is 2.26. The molecule has 20 heavy (non-hydrogen) atoms. The maximum atomic E-state index is 9.76. The zero-order chi connectivity index (χ0) is 14.6. The van der Waals surface area contributed by atoms with E-state index >= 15 is 0 Å². The number of nitrogens with one attached hydrogen (secondary N) is 1. The molecule has 2 nitrogen and oxygen atoms in total. The summed E-state index contributed by atoms with van der Waals surface area (Å²) < 4.78 is 1.07. The number of benzene rings is 2. The minimum Gasteiger partial charge on any atom is -0.394 e. The van der Waals surface area contributed by atoms with Crippen LogP contribution in [0.25, 0.3) is 0 Å². The molecule has 0 saturated heterocycles. The molecule has 1 unspecified atom stereocenters. The van der Waals surface area contributed by atoms with Crippen molar-refractivity contribution < 1.29 is 5.11 Å². The van der Waals surface area contributed by atoms with Crippen molar-refractivity contribution in [2.24, 2.45) is 0 Å². The molecule has 0 spiro atoms. The molecule has 0 aliphatic carbocycles. The van der Waals surface area contributed by atoms with E-state index < -0.39 is 0 Å². The topological polar surface area (TPSA) is 32.3 Å². The van der Waals surface area contributed by atoms with Crippen LogP contribution in [0.5, 0.6) is 0 Å². The average molecular weight is 334 g/mol. The Bertz CT molecular complexity index is 567. The maximum Gasteiger partial charge on any atom is 0.0662 e. The molecule has 106 valence electrons.